The van der Waals surface area contributed by atoms with E-state index in [2.05, 4.69) is 20.9 Å². The summed E-state index contributed by atoms with van der Waals surface area (Å²) in [7, 11) is 0. The molecule has 0 saturated carbocycles. The van der Waals surface area contributed by atoms with Crippen molar-refractivity contribution in [2.45, 2.75) is 18.9 Å². The van der Waals surface area contributed by atoms with Crippen molar-refractivity contribution in [3.63, 3.8) is 0 Å². The minimum absolute atomic E-state index is 0.0693. The Morgan fingerprint density at radius 2 is 1.74 bits per heavy atom. The fourth-order valence-corrected chi connectivity index (χ4v) is 3.24. The quantitative estimate of drug-likeness (QED) is 0.212. The van der Waals surface area contributed by atoms with Crippen LogP contribution in [0.1, 0.15) is 29.2 Å². The van der Waals surface area contributed by atoms with Crippen LogP contribution >= 0.6 is 0 Å². The van der Waals surface area contributed by atoms with Crippen molar-refractivity contribution in [3.8, 4) is 0 Å². The number of urea groups is 1. The molecule has 10 heteroatoms. The maximum atomic E-state index is 12.7. The third-order valence-electron chi connectivity index (χ3n) is 4.87. The molecule has 0 aliphatic carbocycles. The first-order chi connectivity index (χ1) is 16.3. The van der Waals surface area contributed by atoms with Gasteiger partial charge in [0.15, 0.2) is 0 Å². The number of aliphatic carboxylic acids is 1. The molecule has 2 aromatic carbocycles. The predicted molar refractivity (Wildman–Crippen MR) is 128 cm³/mol. The van der Waals surface area contributed by atoms with Crippen molar-refractivity contribution in [2.75, 3.05) is 10.6 Å². The second-order valence-corrected chi connectivity index (χ2v) is 7.41. The normalized spacial score (nSPS) is 11.2. The Kier molecular flexibility index (Phi) is 7.90. The molecule has 0 spiro atoms. The zero-order chi connectivity index (χ0) is 24.5. The Labute approximate surface area is 195 Å². The van der Waals surface area contributed by atoms with Crippen LogP contribution < -0.4 is 21.7 Å². The maximum absolute atomic E-state index is 12.7. The largest absolute Gasteiger partial charge is 0.481 e. The average Bonchev–Trinajstić information content (AvgIpc) is 2.80. The summed E-state index contributed by atoms with van der Waals surface area (Å²) in [6.07, 6.45) is 2.72. The molecular formula is C24H24N6O4. The van der Waals surface area contributed by atoms with Gasteiger partial charge in [0.25, 0.3) is 0 Å². The number of hydrogen-bond donors (Lipinski definition) is 6. The highest BCUT2D eigenvalue weighted by Crippen LogP contribution is 2.19. The van der Waals surface area contributed by atoms with Gasteiger partial charge in [-0.05, 0) is 47.5 Å². The summed E-state index contributed by atoms with van der Waals surface area (Å²) in [6.45, 7) is 0. The van der Waals surface area contributed by atoms with E-state index in [4.69, 9.17) is 11.1 Å². The lowest BCUT2D eigenvalue weighted by atomic mass is 10.0. The van der Waals surface area contributed by atoms with E-state index in [0.717, 1.165) is 0 Å². The van der Waals surface area contributed by atoms with Crippen LogP contribution in [-0.4, -0.2) is 33.8 Å². The molecule has 174 valence electrons. The zero-order valence-electron chi connectivity index (χ0n) is 18.1. The van der Waals surface area contributed by atoms with Crippen LogP contribution in [0.4, 0.5) is 16.2 Å². The molecule has 1 heterocycles. The van der Waals surface area contributed by atoms with E-state index >= 15 is 0 Å². The molecule has 10 nitrogen and oxygen atoms in total. The Bertz CT molecular complexity index is 1180. The number of nitrogens with zero attached hydrogens (tertiary/aromatic N) is 1. The van der Waals surface area contributed by atoms with Gasteiger partial charge in [0, 0.05) is 29.3 Å². The first-order valence-corrected chi connectivity index (χ1v) is 10.3. The molecule has 0 bridgehead atoms. The Morgan fingerprint density at radius 3 is 2.38 bits per heavy atom. The SMILES string of the molecule is N=C(N)c1ccc(NC(=O)Nc2ccccc2CC(=O)N[C@H](CC(=O)O)c2cccnc2)cc1. The highest BCUT2D eigenvalue weighted by Gasteiger charge is 2.19. The summed E-state index contributed by atoms with van der Waals surface area (Å²) in [5.41, 5.74) is 8.05. The van der Waals surface area contributed by atoms with Gasteiger partial charge in [-0.2, -0.15) is 0 Å². The Hall–Kier alpha value is -4.73. The highest BCUT2D eigenvalue weighted by molar-refractivity contribution is 6.01. The first-order valence-electron chi connectivity index (χ1n) is 10.3. The second-order valence-electron chi connectivity index (χ2n) is 7.41. The molecule has 7 N–H and O–H groups in total. The van der Waals surface area contributed by atoms with Gasteiger partial charge in [-0.3, -0.25) is 20.0 Å². The van der Waals surface area contributed by atoms with Crippen LogP contribution in [0.25, 0.3) is 0 Å². The number of nitrogen functional groups attached to an aromatic ring is 1. The van der Waals surface area contributed by atoms with Crippen molar-refractivity contribution < 1.29 is 19.5 Å². The molecule has 1 atom stereocenters. The van der Waals surface area contributed by atoms with Crippen LogP contribution in [0.5, 0.6) is 0 Å². The zero-order valence-corrected chi connectivity index (χ0v) is 18.1. The van der Waals surface area contributed by atoms with E-state index in [0.29, 0.717) is 28.1 Å². The minimum atomic E-state index is -1.05. The summed E-state index contributed by atoms with van der Waals surface area (Å²) in [5.74, 6) is -1.52. The van der Waals surface area contributed by atoms with E-state index in [1.165, 1.54) is 6.20 Å². The van der Waals surface area contributed by atoms with Crippen molar-refractivity contribution in [1.29, 1.82) is 5.41 Å². The number of anilines is 2. The van der Waals surface area contributed by atoms with Gasteiger partial charge >= 0.3 is 12.0 Å². The van der Waals surface area contributed by atoms with E-state index in [9.17, 15) is 19.5 Å². The van der Waals surface area contributed by atoms with E-state index < -0.39 is 23.9 Å². The number of nitrogens with one attached hydrogen (secondary N) is 4. The summed E-state index contributed by atoms with van der Waals surface area (Å²) < 4.78 is 0. The predicted octanol–water partition coefficient (Wildman–Crippen LogP) is 2.88. The number of carbonyl (C=O) groups excluding carboxylic acids is 2. The van der Waals surface area contributed by atoms with Gasteiger partial charge in [0.1, 0.15) is 5.84 Å². The molecule has 0 fully saturated rings. The molecule has 34 heavy (non-hydrogen) atoms. The molecule has 0 saturated heterocycles. The van der Waals surface area contributed by atoms with Crippen molar-refractivity contribution in [2.24, 2.45) is 5.73 Å². The molecule has 3 aromatic rings. The number of pyridine rings is 1. The number of amides is 3. The molecular weight excluding hydrogens is 436 g/mol. The minimum Gasteiger partial charge on any atom is -0.481 e. The monoisotopic (exact) mass is 460 g/mol. The molecule has 0 aliphatic rings. The van der Waals surface area contributed by atoms with Crippen LogP contribution in [0.3, 0.4) is 0 Å². The summed E-state index contributed by atoms with van der Waals surface area (Å²) in [6, 6.07) is 15.4. The number of carbonyl (C=O) groups is 3. The van der Waals surface area contributed by atoms with E-state index in [1.807, 2.05) is 0 Å². The van der Waals surface area contributed by atoms with Gasteiger partial charge in [-0.25, -0.2) is 4.79 Å². The van der Waals surface area contributed by atoms with Crippen LogP contribution in [0, 0.1) is 5.41 Å². The Morgan fingerprint density at radius 1 is 1.00 bits per heavy atom. The van der Waals surface area contributed by atoms with Gasteiger partial charge in [-0.1, -0.05) is 24.3 Å². The summed E-state index contributed by atoms with van der Waals surface area (Å²) >= 11 is 0. The van der Waals surface area contributed by atoms with E-state index in [1.54, 1.807) is 66.9 Å². The fraction of sp³-hybridized carbons (Fsp3) is 0.125. The number of aromatic nitrogens is 1. The number of carboxylic acid groups (broad SMARTS) is 1. The maximum Gasteiger partial charge on any atom is 0.323 e. The van der Waals surface area contributed by atoms with Crippen molar-refractivity contribution in [3.05, 3.63) is 89.7 Å². The van der Waals surface area contributed by atoms with Gasteiger partial charge in [0.05, 0.1) is 18.9 Å². The number of rotatable bonds is 9. The third-order valence-corrected chi connectivity index (χ3v) is 4.87. The van der Waals surface area contributed by atoms with Gasteiger partial charge in [-0.15, -0.1) is 0 Å². The van der Waals surface area contributed by atoms with Gasteiger partial charge < -0.3 is 26.8 Å². The molecule has 1 aromatic heterocycles. The number of para-hydroxylation sites is 1. The summed E-state index contributed by atoms with van der Waals surface area (Å²) in [4.78, 5) is 40.4. The highest BCUT2D eigenvalue weighted by atomic mass is 16.4. The molecule has 0 aliphatic heterocycles. The smallest absolute Gasteiger partial charge is 0.323 e. The molecule has 0 unspecified atom stereocenters. The molecule has 3 amide bonds. The standard InChI is InChI=1S/C24H24N6O4/c25-23(26)15-7-9-18(10-8-15)28-24(34)30-19-6-2-1-4-16(19)12-21(31)29-20(13-22(32)33)17-5-3-11-27-14-17/h1-11,14,20H,12-13H2,(H3,25,26)(H,29,31)(H,32,33)(H2,28,30,34)/t20-/m1/s1. The molecule has 3 rings (SSSR count). The lowest BCUT2D eigenvalue weighted by molar-refractivity contribution is -0.137. The van der Waals surface area contributed by atoms with Gasteiger partial charge in [0.2, 0.25) is 5.91 Å². The second kappa shape index (κ2) is 11.2. The van der Waals surface area contributed by atoms with Crippen molar-refractivity contribution in [1.82, 2.24) is 10.3 Å². The van der Waals surface area contributed by atoms with Crippen molar-refractivity contribution >= 4 is 35.1 Å². The average molecular weight is 460 g/mol. The number of carboxylic acids is 1. The number of hydrogen-bond acceptors (Lipinski definition) is 5. The number of amidine groups is 1. The topological polar surface area (TPSA) is 170 Å². The van der Waals surface area contributed by atoms with Crippen LogP contribution in [0.15, 0.2) is 73.1 Å². The lowest BCUT2D eigenvalue weighted by Gasteiger charge is -2.18. The Balaban J connectivity index is 1.65. The number of nitrogens with two attached hydrogens (primary N) is 1. The fourth-order valence-electron chi connectivity index (χ4n) is 3.24. The third kappa shape index (κ3) is 6.89. The van der Waals surface area contributed by atoms with E-state index in [-0.39, 0.29) is 18.7 Å². The first kappa shape index (κ1) is 23.9. The summed E-state index contributed by atoms with van der Waals surface area (Å²) in [5, 5.41) is 24.8. The molecule has 0 radical (unpaired) electrons. The van der Waals surface area contributed by atoms with Crippen LogP contribution in [-0.2, 0) is 16.0 Å². The van der Waals surface area contributed by atoms with Crippen LogP contribution in [0.2, 0.25) is 0 Å². The number of benzene rings is 2. The lowest BCUT2D eigenvalue weighted by Crippen LogP contribution is -2.31.